The predicted molar refractivity (Wildman–Crippen MR) is 97.3 cm³/mol. The van der Waals surface area contributed by atoms with E-state index in [1.54, 1.807) is 0 Å². The average Bonchev–Trinajstić information content (AvgIpc) is 2.58. The van der Waals surface area contributed by atoms with E-state index in [2.05, 4.69) is 94.3 Å². The number of hydrogen-bond donors (Lipinski definition) is 0. The molecule has 2 aromatic carbocycles. The molecule has 0 saturated carbocycles. The number of nitrogens with zero attached hydrogens (tertiary/aromatic N) is 1. The number of allylic oxidation sites excluding steroid dienone is 1. The summed E-state index contributed by atoms with van der Waals surface area (Å²) in [4.78, 5) is 2.40. The fourth-order valence-corrected chi connectivity index (χ4v) is 3.18. The van der Waals surface area contributed by atoms with Crippen molar-refractivity contribution in [2.24, 2.45) is 0 Å². The summed E-state index contributed by atoms with van der Waals surface area (Å²) in [6, 6.07) is 19.6. The van der Waals surface area contributed by atoms with Gasteiger partial charge in [0.25, 0.3) is 0 Å². The molecule has 2 aromatic rings. The molecule has 0 spiro atoms. The van der Waals surface area contributed by atoms with E-state index in [9.17, 15) is 0 Å². The summed E-state index contributed by atoms with van der Waals surface area (Å²) in [6.07, 6.45) is 6.61. The smallest absolute Gasteiger partial charge is 0.0472 e. The van der Waals surface area contributed by atoms with E-state index in [0.717, 1.165) is 23.9 Å². The van der Waals surface area contributed by atoms with E-state index in [-0.39, 0.29) is 0 Å². The molecule has 0 unspecified atom stereocenters. The molecule has 112 valence electrons. The predicted octanol–water partition coefficient (Wildman–Crippen LogP) is 5.64. The lowest BCUT2D eigenvalue weighted by atomic mass is 9.94. The maximum atomic E-state index is 4.01. The van der Waals surface area contributed by atoms with Crippen LogP contribution in [0.3, 0.4) is 0 Å². The van der Waals surface area contributed by atoms with Crippen LogP contribution in [0.2, 0.25) is 0 Å². The molecule has 1 aliphatic rings. The van der Waals surface area contributed by atoms with Crippen LogP contribution in [0.5, 0.6) is 0 Å². The van der Waals surface area contributed by atoms with Gasteiger partial charge in [-0.15, -0.1) is 6.58 Å². The van der Waals surface area contributed by atoms with Gasteiger partial charge in [-0.3, -0.25) is 0 Å². The summed E-state index contributed by atoms with van der Waals surface area (Å²) < 4.78 is 1.12. The zero-order chi connectivity index (χ0) is 15.4. The first-order valence-corrected chi connectivity index (χ1v) is 8.44. The first-order chi connectivity index (χ1) is 10.8. The molecular weight excluding hydrogens is 334 g/mol. The molecule has 2 heteroatoms. The lowest BCUT2D eigenvalue weighted by molar-refractivity contribution is 0.289. The van der Waals surface area contributed by atoms with Gasteiger partial charge in [0.2, 0.25) is 0 Å². The summed E-state index contributed by atoms with van der Waals surface area (Å²) in [5.41, 5.74) is 4.06. The second-order valence-electron chi connectivity index (χ2n) is 5.66. The molecule has 1 heterocycles. The molecule has 22 heavy (non-hydrogen) atoms. The third-order valence-corrected chi connectivity index (χ3v) is 4.68. The van der Waals surface area contributed by atoms with Crippen molar-refractivity contribution < 1.29 is 0 Å². The molecule has 1 nitrogen and oxygen atoms in total. The molecule has 0 bridgehead atoms. The zero-order valence-electron chi connectivity index (χ0n) is 12.6. The van der Waals surface area contributed by atoms with Crippen molar-refractivity contribution in [3.05, 3.63) is 89.1 Å². The van der Waals surface area contributed by atoms with E-state index in [1.807, 2.05) is 0 Å². The largest absolute Gasteiger partial charge is 0.366 e. The van der Waals surface area contributed by atoms with Crippen molar-refractivity contribution in [3.63, 3.8) is 0 Å². The highest BCUT2D eigenvalue weighted by Gasteiger charge is 2.19. The van der Waals surface area contributed by atoms with Crippen molar-refractivity contribution in [3.8, 4) is 0 Å². The third kappa shape index (κ3) is 3.50. The van der Waals surface area contributed by atoms with Crippen LogP contribution >= 0.6 is 15.9 Å². The van der Waals surface area contributed by atoms with Crippen LogP contribution in [-0.2, 0) is 6.54 Å². The van der Waals surface area contributed by atoms with E-state index >= 15 is 0 Å². The SMILES string of the molecule is C=C[C@H]1CCC(c2ccccc2)=CN1Cc1ccc(Br)cc1. The Morgan fingerprint density at radius 1 is 1.09 bits per heavy atom. The van der Waals surface area contributed by atoms with Gasteiger partial charge < -0.3 is 4.90 Å². The highest BCUT2D eigenvalue weighted by atomic mass is 79.9. The second-order valence-corrected chi connectivity index (χ2v) is 6.58. The monoisotopic (exact) mass is 353 g/mol. The molecule has 1 atom stereocenters. The molecule has 1 aliphatic heterocycles. The maximum Gasteiger partial charge on any atom is 0.0472 e. The van der Waals surface area contributed by atoms with Gasteiger partial charge in [0, 0.05) is 23.3 Å². The van der Waals surface area contributed by atoms with Crippen molar-refractivity contribution in [2.45, 2.75) is 25.4 Å². The Morgan fingerprint density at radius 2 is 1.82 bits per heavy atom. The highest BCUT2D eigenvalue weighted by Crippen LogP contribution is 2.29. The molecule has 0 radical (unpaired) electrons. The number of halogens is 1. The van der Waals surface area contributed by atoms with Gasteiger partial charge in [-0.25, -0.2) is 0 Å². The van der Waals surface area contributed by atoms with Crippen molar-refractivity contribution in [1.29, 1.82) is 0 Å². The summed E-state index contributed by atoms with van der Waals surface area (Å²) in [5.74, 6) is 0. The Bertz CT molecular complexity index is 658. The average molecular weight is 354 g/mol. The van der Waals surface area contributed by atoms with Crippen LogP contribution in [0.25, 0.3) is 5.57 Å². The summed E-state index contributed by atoms with van der Waals surface area (Å²) >= 11 is 3.49. The van der Waals surface area contributed by atoms with Gasteiger partial charge in [-0.05, 0) is 41.7 Å². The Hall–Kier alpha value is -1.80. The third-order valence-electron chi connectivity index (χ3n) is 4.15. The summed E-state index contributed by atoms with van der Waals surface area (Å²) in [6.45, 7) is 4.93. The lowest BCUT2D eigenvalue weighted by Crippen LogP contribution is -2.31. The molecule has 0 aromatic heterocycles. The van der Waals surface area contributed by atoms with Gasteiger partial charge in [-0.2, -0.15) is 0 Å². The molecule has 0 fully saturated rings. The van der Waals surface area contributed by atoms with Crippen molar-refractivity contribution in [1.82, 2.24) is 4.90 Å². The Morgan fingerprint density at radius 3 is 2.50 bits per heavy atom. The molecule has 0 aliphatic carbocycles. The van der Waals surface area contributed by atoms with Crippen LogP contribution in [0.1, 0.15) is 24.0 Å². The van der Waals surface area contributed by atoms with Gasteiger partial charge in [0.15, 0.2) is 0 Å². The van der Waals surface area contributed by atoms with Crippen molar-refractivity contribution in [2.75, 3.05) is 0 Å². The molecule has 0 saturated heterocycles. The summed E-state index contributed by atoms with van der Waals surface area (Å²) in [5, 5.41) is 0. The van der Waals surface area contributed by atoms with Crippen LogP contribution in [0.4, 0.5) is 0 Å². The first kappa shape index (κ1) is 15.1. The standard InChI is InChI=1S/C20H20BrN/c1-2-20-13-10-18(17-6-4-3-5-7-17)15-22(20)14-16-8-11-19(21)12-9-16/h2-9,11-12,15,20H,1,10,13-14H2/t20-/m0/s1. The molecule has 3 rings (SSSR count). The molecule has 0 N–H and O–H groups in total. The zero-order valence-corrected chi connectivity index (χ0v) is 14.2. The van der Waals surface area contributed by atoms with Gasteiger partial charge in [0.05, 0.1) is 0 Å². The number of rotatable bonds is 4. The lowest BCUT2D eigenvalue weighted by Gasteiger charge is -2.34. The number of hydrogen-bond acceptors (Lipinski definition) is 1. The minimum absolute atomic E-state index is 0.413. The maximum absolute atomic E-state index is 4.01. The first-order valence-electron chi connectivity index (χ1n) is 7.65. The topological polar surface area (TPSA) is 3.24 Å². The fourth-order valence-electron chi connectivity index (χ4n) is 2.92. The minimum Gasteiger partial charge on any atom is -0.366 e. The Balaban J connectivity index is 1.85. The van der Waals surface area contributed by atoms with Crippen LogP contribution < -0.4 is 0 Å². The van der Waals surface area contributed by atoms with E-state index < -0.39 is 0 Å². The van der Waals surface area contributed by atoms with Gasteiger partial charge >= 0.3 is 0 Å². The van der Waals surface area contributed by atoms with Crippen LogP contribution in [-0.4, -0.2) is 10.9 Å². The van der Waals surface area contributed by atoms with E-state index in [1.165, 1.54) is 16.7 Å². The molecule has 0 amide bonds. The van der Waals surface area contributed by atoms with Gasteiger partial charge in [-0.1, -0.05) is 64.5 Å². The number of benzene rings is 2. The Labute approximate surface area is 141 Å². The minimum atomic E-state index is 0.413. The summed E-state index contributed by atoms with van der Waals surface area (Å²) in [7, 11) is 0. The fraction of sp³-hybridized carbons (Fsp3) is 0.200. The van der Waals surface area contributed by atoms with Gasteiger partial charge in [0.1, 0.15) is 0 Å². The quantitative estimate of drug-likeness (QED) is 0.642. The Kier molecular flexibility index (Phi) is 4.79. The van der Waals surface area contributed by atoms with Crippen LogP contribution in [0.15, 0.2) is 77.9 Å². The molecular formula is C20H20BrN. The van der Waals surface area contributed by atoms with E-state index in [0.29, 0.717) is 6.04 Å². The normalized spacial score (nSPS) is 18.0. The second kappa shape index (κ2) is 6.97. The van der Waals surface area contributed by atoms with Crippen LogP contribution in [0, 0.1) is 0 Å². The highest BCUT2D eigenvalue weighted by molar-refractivity contribution is 9.10. The van der Waals surface area contributed by atoms with E-state index in [4.69, 9.17) is 0 Å². The van der Waals surface area contributed by atoms with Crippen molar-refractivity contribution >= 4 is 21.5 Å².